The first kappa shape index (κ1) is 14.3. The van der Waals surface area contributed by atoms with Gasteiger partial charge in [-0.1, -0.05) is 17.7 Å². The lowest BCUT2D eigenvalue weighted by Gasteiger charge is -2.23. The summed E-state index contributed by atoms with van der Waals surface area (Å²) < 4.78 is 0.866. The minimum Gasteiger partial charge on any atom is -0.308 e. The van der Waals surface area contributed by atoms with Crippen LogP contribution in [0.15, 0.2) is 34.1 Å². The maximum Gasteiger partial charge on any atom is 0.269 e. The van der Waals surface area contributed by atoms with Crippen LogP contribution in [0.2, 0.25) is 0 Å². The summed E-state index contributed by atoms with van der Waals surface area (Å²) in [4.78, 5) is 15.2. The monoisotopic (exact) mass is 337 g/mol. The number of halogens is 1. The van der Waals surface area contributed by atoms with Crippen LogP contribution in [0.4, 0.5) is 5.69 Å². The minimum atomic E-state index is 0.0522. The van der Waals surface area contributed by atoms with E-state index < -0.39 is 0 Å². The van der Waals surface area contributed by atoms with E-state index >= 15 is 0 Å². The molecule has 2 rings (SSSR count). The Labute approximate surface area is 126 Å². The molecule has 0 radical (unpaired) electrons. The predicted octanol–water partition coefficient (Wildman–Crippen LogP) is 4.79. The molecule has 100 valence electrons. The molecule has 0 bridgehead atoms. The molecular formula is C15H16BrNOS. The molecule has 0 saturated carbocycles. The Kier molecular flexibility index (Phi) is 4.42. The highest BCUT2D eigenvalue weighted by Gasteiger charge is 2.20. The molecule has 0 saturated heterocycles. The molecule has 0 aliphatic carbocycles. The average molecular weight is 338 g/mol. The maximum absolute atomic E-state index is 12.6. The third kappa shape index (κ3) is 2.90. The van der Waals surface area contributed by atoms with Crippen molar-refractivity contribution in [2.75, 3.05) is 11.4 Å². The molecule has 0 unspecified atom stereocenters. The van der Waals surface area contributed by atoms with Gasteiger partial charge < -0.3 is 4.90 Å². The summed E-state index contributed by atoms with van der Waals surface area (Å²) in [6.45, 7) is 6.76. The van der Waals surface area contributed by atoms with Gasteiger partial charge in [0.05, 0.1) is 0 Å². The van der Waals surface area contributed by atoms with Crippen molar-refractivity contribution in [2.24, 2.45) is 0 Å². The van der Waals surface area contributed by atoms with Crippen molar-refractivity contribution in [3.8, 4) is 0 Å². The van der Waals surface area contributed by atoms with E-state index in [0.29, 0.717) is 6.54 Å². The topological polar surface area (TPSA) is 20.3 Å². The number of aryl methyl sites for hydroxylation is 2. The third-order valence-electron chi connectivity index (χ3n) is 3.02. The van der Waals surface area contributed by atoms with Crippen LogP contribution in [0.5, 0.6) is 0 Å². The second-order valence-corrected chi connectivity index (χ2v) is 6.21. The predicted molar refractivity (Wildman–Crippen MR) is 85.3 cm³/mol. The highest BCUT2D eigenvalue weighted by atomic mass is 79.9. The Morgan fingerprint density at radius 2 is 2.05 bits per heavy atom. The summed E-state index contributed by atoms with van der Waals surface area (Å²) in [6.07, 6.45) is 0. The molecule has 1 heterocycles. The number of nitrogens with zero attached hydrogens (tertiary/aromatic N) is 1. The Morgan fingerprint density at radius 3 is 2.58 bits per heavy atom. The zero-order valence-corrected chi connectivity index (χ0v) is 13.6. The van der Waals surface area contributed by atoms with Gasteiger partial charge in [-0.2, -0.15) is 0 Å². The Hall–Kier alpha value is -1.13. The van der Waals surface area contributed by atoms with E-state index in [1.54, 1.807) is 0 Å². The molecule has 0 fully saturated rings. The molecule has 0 aliphatic heterocycles. The molecule has 0 N–H and O–H groups in total. The molecule has 4 heteroatoms. The zero-order valence-electron chi connectivity index (χ0n) is 11.2. The van der Waals surface area contributed by atoms with Crippen molar-refractivity contribution in [2.45, 2.75) is 20.8 Å². The molecule has 2 aromatic rings. The highest BCUT2D eigenvalue weighted by molar-refractivity contribution is 9.10. The Morgan fingerprint density at radius 1 is 1.32 bits per heavy atom. The summed E-state index contributed by atoms with van der Waals surface area (Å²) in [5.74, 6) is 0.0522. The quantitative estimate of drug-likeness (QED) is 0.788. The van der Waals surface area contributed by atoms with Crippen LogP contribution in [0, 0.1) is 13.8 Å². The van der Waals surface area contributed by atoms with Gasteiger partial charge >= 0.3 is 0 Å². The van der Waals surface area contributed by atoms with Gasteiger partial charge in [0.25, 0.3) is 5.91 Å². The summed E-state index contributed by atoms with van der Waals surface area (Å²) in [5, 5.41) is 1.92. The van der Waals surface area contributed by atoms with Crippen molar-refractivity contribution in [1.29, 1.82) is 0 Å². The average Bonchev–Trinajstić information content (AvgIpc) is 2.78. The third-order valence-corrected chi connectivity index (χ3v) is 4.84. The normalized spacial score (nSPS) is 10.5. The Balaban J connectivity index is 2.40. The zero-order chi connectivity index (χ0) is 14.0. The fourth-order valence-corrected chi connectivity index (χ4v) is 3.59. The van der Waals surface area contributed by atoms with E-state index in [2.05, 4.69) is 28.9 Å². The van der Waals surface area contributed by atoms with Gasteiger partial charge in [-0.15, -0.1) is 11.3 Å². The number of anilines is 1. The van der Waals surface area contributed by atoms with Gasteiger partial charge in [-0.25, -0.2) is 0 Å². The lowest BCUT2D eigenvalue weighted by molar-refractivity contribution is 0.0991. The molecular weight excluding hydrogens is 322 g/mol. The molecule has 1 amide bonds. The highest BCUT2D eigenvalue weighted by Crippen LogP contribution is 2.28. The van der Waals surface area contributed by atoms with E-state index in [1.165, 1.54) is 16.9 Å². The summed E-state index contributed by atoms with van der Waals surface area (Å²) >= 11 is 4.90. The second-order valence-electron chi connectivity index (χ2n) is 4.44. The number of hydrogen-bond donors (Lipinski definition) is 0. The minimum absolute atomic E-state index is 0.0522. The van der Waals surface area contributed by atoms with Gasteiger partial charge in [-0.3, -0.25) is 4.79 Å². The van der Waals surface area contributed by atoms with Crippen molar-refractivity contribution in [3.63, 3.8) is 0 Å². The smallest absolute Gasteiger partial charge is 0.269 e. The van der Waals surface area contributed by atoms with Crippen molar-refractivity contribution in [3.05, 3.63) is 50.1 Å². The first-order valence-electron chi connectivity index (χ1n) is 6.16. The largest absolute Gasteiger partial charge is 0.308 e. The first-order valence-corrected chi connectivity index (χ1v) is 7.84. The standard InChI is InChI=1S/C15H16BrNOS/c1-4-17(13-6-5-10(2)9-11(13)3)15(18)14-12(16)7-8-19-14/h5-9H,4H2,1-3H3. The van der Waals surface area contributed by atoms with Crippen molar-refractivity contribution >= 4 is 38.9 Å². The second kappa shape index (κ2) is 5.88. The summed E-state index contributed by atoms with van der Waals surface area (Å²) in [6, 6.07) is 8.08. The molecule has 1 aromatic carbocycles. The van der Waals surface area contributed by atoms with Gasteiger partial charge in [0.2, 0.25) is 0 Å². The van der Waals surface area contributed by atoms with Crippen LogP contribution in [0.3, 0.4) is 0 Å². The SMILES string of the molecule is CCN(C(=O)c1sccc1Br)c1ccc(C)cc1C. The Bertz CT molecular complexity index is 606. The molecule has 0 aliphatic rings. The van der Waals surface area contributed by atoms with Gasteiger partial charge in [0.1, 0.15) is 4.88 Å². The summed E-state index contributed by atoms with van der Waals surface area (Å²) in [5.41, 5.74) is 3.32. The van der Waals surface area contributed by atoms with Gasteiger partial charge in [0.15, 0.2) is 0 Å². The lowest BCUT2D eigenvalue weighted by atomic mass is 10.1. The van der Waals surface area contributed by atoms with E-state index in [4.69, 9.17) is 0 Å². The van der Waals surface area contributed by atoms with Crippen LogP contribution >= 0.6 is 27.3 Å². The van der Waals surface area contributed by atoms with Crippen LogP contribution in [-0.2, 0) is 0 Å². The molecule has 19 heavy (non-hydrogen) atoms. The van der Waals surface area contributed by atoms with E-state index in [1.807, 2.05) is 42.3 Å². The number of carbonyl (C=O) groups excluding carboxylic acids is 1. The van der Waals surface area contributed by atoms with E-state index in [-0.39, 0.29) is 5.91 Å². The number of rotatable bonds is 3. The lowest BCUT2D eigenvalue weighted by Crippen LogP contribution is -2.30. The number of hydrogen-bond acceptors (Lipinski definition) is 2. The van der Waals surface area contributed by atoms with Crippen molar-refractivity contribution in [1.82, 2.24) is 0 Å². The van der Waals surface area contributed by atoms with Crippen molar-refractivity contribution < 1.29 is 4.79 Å². The number of carbonyl (C=O) groups is 1. The maximum atomic E-state index is 12.6. The molecule has 1 aromatic heterocycles. The fraction of sp³-hybridized carbons (Fsp3) is 0.267. The van der Waals surface area contributed by atoms with Gasteiger partial charge in [-0.05, 0) is 59.8 Å². The first-order chi connectivity index (χ1) is 9.04. The van der Waals surface area contributed by atoms with E-state index in [9.17, 15) is 4.79 Å². The number of thiophene rings is 1. The fourth-order valence-electron chi connectivity index (χ4n) is 2.10. The van der Waals surface area contributed by atoms with Gasteiger partial charge in [0, 0.05) is 16.7 Å². The molecule has 0 atom stereocenters. The molecule has 0 spiro atoms. The van der Waals surface area contributed by atoms with Crippen LogP contribution in [0.25, 0.3) is 0 Å². The van der Waals surface area contributed by atoms with Crippen LogP contribution in [0.1, 0.15) is 27.7 Å². The van der Waals surface area contributed by atoms with Crippen LogP contribution in [-0.4, -0.2) is 12.5 Å². The summed E-state index contributed by atoms with van der Waals surface area (Å²) in [7, 11) is 0. The number of benzene rings is 1. The van der Waals surface area contributed by atoms with E-state index in [0.717, 1.165) is 20.6 Å². The van der Waals surface area contributed by atoms with Crippen LogP contribution < -0.4 is 4.90 Å². The number of amides is 1. The molecule has 2 nitrogen and oxygen atoms in total.